The molecule has 0 heterocycles. The molecular weight excluding hydrogens is 272 g/mol. The predicted molar refractivity (Wildman–Crippen MR) is 87.0 cm³/mol. The van der Waals surface area contributed by atoms with Gasteiger partial charge in [-0.25, -0.2) is 0 Å². The Bertz CT molecular complexity index is 381. The molecule has 0 aliphatic rings. The average molecular weight is 299 g/mol. The van der Waals surface area contributed by atoms with Crippen LogP contribution in [0.4, 0.5) is 0 Å². The molecule has 0 aliphatic carbocycles. The summed E-state index contributed by atoms with van der Waals surface area (Å²) >= 11 is 6.08. The average Bonchev–Trinajstić information content (AvgIpc) is 2.48. The fourth-order valence-corrected chi connectivity index (χ4v) is 2.31. The van der Waals surface area contributed by atoms with Crippen LogP contribution in [0.1, 0.15) is 26.3 Å². The van der Waals surface area contributed by atoms with E-state index in [0.29, 0.717) is 6.61 Å². The van der Waals surface area contributed by atoms with Crippen LogP contribution in [0.15, 0.2) is 18.2 Å². The maximum absolute atomic E-state index is 6.08. The summed E-state index contributed by atoms with van der Waals surface area (Å²) in [6.45, 7) is 12.4. The largest absolute Gasteiger partial charge is 0.492 e. The van der Waals surface area contributed by atoms with Gasteiger partial charge in [0.05, 0.1) is 0 Å². The minimum absolute atomic E-state index is 0.684. The molecule has 0 saturated carbocycles. The van der Waals surface area contributed by atoms with Crippen LogP contribution in [0.3, 0.4) is 0 Å². The molecule has 0 saturated heterocycles. The van der Waals surface area contributed by atoms with E-state index in [-0.39, 0.29) is 0 Å². The lowest BCUT2D eigenvalue weighted by molar-refractivity contribution is 0.285. The molecule has 0 bridgehead atoms. The summed E-state index contributed by atoms with van der Waals surface area (Å²) in [6, 6.07) is 5.86. The van der Waals surface area contributed by atoms with E-state index < -0.39 is 0 Å². The zero-order valence-electron chi connectivity index (χ0n) is 12.9. The Labute approximate surface area is 128 Å². The van der Waals surface area contributed by atoms with Gasteiger partial charge in [0.2, 0.25) is 0 Å². The molecule has 0 amide bonds. The van der Waals surface area contributed by atoms with Crippen molar-refractivity contribution >= 4 is 11.6 Å². The summed E-state index contributed by atoms with van der Waals surface area (Å²) in [4.78, 5) is 2.40. The third-order valence-corrected chi connectivity index (χ3v) is 3.81. The van der Waals surface area contributed by atoms with Gasteiger partial charge in [0.15, 0.2) is 0 Å². The third kappa shape index (κ3) is 6.12. The number of hydrogen-bond donors (Lipinski definition) is 1. The van der Waals surface area contributed by atoms with Crippen molar-refractivity contribution in [3.05, 3.63) is 28.8 Å². The van der Waals surface area contributed by atoms with Gasteiger partial charge < -0.3 is 15.0 Å². The molecule has 1 aromatic carbocycles. The summed E-state index contributed by atoms with van der Waals surface area (Å²) in [5.41, 5.74) is 1.14. The molecule has 0 fully saturated rings. The zero-order valence-corrected chi connectivity index (χ0v) is 13.7. The summed E-state index contributed by atoms with van der Waals surface area (Å²) in [7, 11) is 0. The van der Waals surface area contributed by atoms with E-state index in [4.69, 9.17) is 16.3 Å². The summed E-state index contributed by atoms with van der Waals surface area (Å²) in [5, 5.41) is 4.22. The van der Waals surface area contributed by atoms with Crippen molar-refractivity contribution in [2.24, 2.45) is 0 Å². The Hall–Kier alpha value is -0.770. The molecule has 20 heavy (non-hydrogen) atoms. The number of benzene rings is 1. The molecule has 0 aliphatic heterocycles. The first-order valence-electron chi connectivity index (χ1n) is 7.55. The van der Waals surface area contributed by atoms with E-state index in [2.05, 4.69) is 31.0 Å². The number of aryl methyl sites for hydroxylation is 1. The smallest absolute Gasteiger partial charge is 0.119 e. The van der Waals surface area contributed by atoms with Gasteiger partial charge in [0.25, 0.3) is 0 Å². The van der Waals surface area contributed by atoms with E-state index >= 15 is 0 Å². The van der Waals surface area contributed by atoms with Crippen LogP contribution >= 0.6 is 11.6 Å². The molecule has 0 atom stereocenters. The molecule has 0 aromatic heterocycles. The maximum atomic E-state index is 6.08. The van der Waals surface area contributed by atoms with Crippen molar-refractivity contribution < 1.29 is 4.74 Å². The molecule has 0 spiro atoms. The number of ether oxygens (including phenoxy) is 1. The van der Waals surface area contributed by atoms with Crippen LogP contribution < -0.4 is 10.1 Å². The monoisotopic (exact) mass is 298 g/mol. The Balaban J connectivity index is 2.18. The first-order chi connectivity index (χ1) is 9.71. The maximum Gasteiger partial charge on any atom is 0.119 e. The molecule has 0 radical (unpaired) electrons. The number of halogens is 1. The van der Waals surface area contributed by atoms with Crippen LogP contribution in [0, 0.1) is 0 Å². The van der Waals surface area contributed by atoms with Crippen molar-refractivity contribution in [3.8, 4) is 5.75 Å². The molecule has 114 valence electrons. The number of likely N-dealkylation sites (N-methyl/N-ethyl adjacent to an activating group) is 1. The van der Waals surface area contributed by atoms with Gasteiger partial charge in [-0.15, -0.1) is 0 Å². The highest BCUT2D eigenvalue weighted by molar-refractivity contribution is 6.31. The van der Waals surface area contributed by atoms with Gasteiger partial charge in [-0.2, -0.15) is 0 Å². The number of hydrogen-bond acceptors (Lipinski definition) is 3. The number of nitrogens with zero attached hydrogens (tertiary/aromatic N) is 1. The SMILES string of the molecule is CCc1cc(OCCNCCN(CC)CC)ccc1Cl. The van der Waals surface area contributed by atoms with E-state index in [0.717, 1.165) is 55.5 Å². The second-order valence-corrected chi connectivity index (χ2v) is 5.14. The van der Waals surface area contributed by atoms with Crippen LogP contribution in [0.2, 0.25) is 5.02 Å². The molecule has 1 aromatic rings. The lowest BCUT2D eigenvalue weighted by Crippen LogP contribution is -2.33. The topological polar surface area (TPSA) is 24.5 Å². The molecule has 0 unspecified atom stereocenters. The van der Waals surface area contributed by atoms with Crippen LogP contribution in [0.5, 0.6) is 5.75 Å². The normalized spacial score (nSPS) is 11.1. The second kappa shape index (κ2) is 10.0. The molecular formula is C16H27ClN2O. The fourth-order valence-electron chi connectivity index (χ4n) is 2.05. The standard InChI is InChI=1S/C16H27ClN2O/c1-4-14-13-15(7-8-16(14)17)20-12-10-18-9-11-19(5-2)6-3/h7-8,13,18H,4-6,9-12H2,1-3H3. The minimum atomic E-state index is 0.684. The van der Waals surface area contributed by atoms with Crippen LogP contribution in [0.25, 0.3) is 0 Å². The van der Waals surface area contributed by atoms with E-state index in [9.17, 15) is 0 Å². The van der Waals surface area contributed by atoms with E-state index in [1.807, 2.05) is 18.2 Å². The molecule has 4 heteroatoms. The van der Waals surface area contributed by atoms with Crippen LogP contribution in [-0.2, 0) is 6.42 Å². The highest BCUT2D eigenvalue weighted by atomic mass is 35.5. The van der Waals surface area contributed by atoms with Gasteiger partial charge >= 0.3 is 0 Å². The summed E-state index contributed by atoms with van der Waals surface area (Å²) in [5.74, 6) is 0.900. The van der Waals surface area contributed by atoms with Crippen LogP contribution in [-0.4, -0.2) is 44.2 Å². The quantitative estimate of drug-likeness (QED) is 0.671. The molecule has 1 N–H and O–H groups in total. The zero-order chi connectivity index (χ0) is 14.8. The number of rotatable bonds is 10. The first-order valence-corrected chi connectivity index (χ1v) is 7.93. The fraction of sp³-hybridized carbons (Fsp3) is 0.625. The highest BCUT2D eigenvalue weighted by Gasteiger charge is 2.01. The first kappa shape index (κ1) is 17.3. The number of nitrogens with one attached hydrogen (secondary N) is 1. The van der Waals surface area contributed by atoms with E-state index in [1.54, 1.807) is 0 Å². The lowest BCUT2D eigenvalue weighted by Gasteiger charge is -2.18. The lowest BCUT2D eigenvalue weighted by atomic mass is 10.1. The third-order valence-electron chi connectivity index (χ3n) is 3.44. The minimum Gasteiger partial charge on any atom is -0.492 e. The molecule has 1 rings (SSSR count). The Morgan fingerprint density at radius 3 is 2.55 bits per heavy atom. The summed E-state index contributed by atoms with van der Waals surface area (Å²) in [6.07, 6.45) is 0.929. The second-order valence-electron chi connectivity index (χ2n) is 4.73. The van der Waals surface area contributed by atoms with Gasteiger partial charge in [0, 0.05) is 24.7 Å². The van der Waals surface area contributed by atoms with Gasteiger partial charge in [-0.3, -0.25) is 0 Å². The van der Waals surface area contributed by atoms with Crippen molar-refractivity contribution in [1.82, 2.24) is 10.2 Å². The highest BCUT2D eigenvalue weighted by Crippen LogP contribution is 2.22. The van der Waals surface area contributed by atoms with E-state index in [1.165, 1.54) is 0 Å². The molecule has 3 nitrogen and oxygen atoms in total. The van der Waals surface area contributed by atoms with Crippen molar-refractivity contribution in [2.75, 3.05) is 39.3 Å². The van der Waals surface area contributed by atoms with Crippen molar-refractivity contribution in [2.45, 2.75) is 27.2 Å². The van der Waals surface area contributed by atoms with Gasteiger partial charge in [0.1, 0.15) is 12.4 Å². The Kier molecular flexibility index (Phi) is 8.67. The Morgan fingerprint density at radius 2 is 1.90 bits per heavy atom. The van der Waals surface area contributed by atoms with Crippen molar-refractivity contribution in [3.63, 3.8) is 0 Å². The van der Waals surface area contributed by atoms with Gasteiger partial charge in [-0.1, -0.05) is 32.4 Å². The van der Waals surface area contributed by atoms with Gasteiger partial charge in [-0.05, 0) is 43.3 Å². The summed E-state index contributed by atoms with van der Waals surface area (Å²) < 4.78 is 5.73. The van der Waals surface area contributed by atoms with Crippen molar-refractivity contribution in [1.29, 1.82) is 0 Å². The Morgan fingerprint density at radius 1 is 1.15 bits per heavy atom. The predicted octanol–water partition coefficient (Wildman–Crippen LogP) is 3.21.